The molecule has 2 atom stereocenters. The number of rotatable bonds is 4. The summed E-state index contributed by atoms with van der Waals surface area (Å²) < 4.78 is 2.16. The number of fused-ring (bicyclic) bond motifs is 1. The Morgan fingerprint density at radius 2 is 2.33 bits per heavy atom. The van der Waals surface area contributed by atoms with Gasteiger partial charge >= 0.3 is 0 Å². The van der Waals surface area contributed by atoms with E-state index >= 15 is 0 Å². The highest BCUT2D eigenvalue weighted by Crippen LogP contribution is 2.21. The number of carbonyl (C=O) groups is 1. The molecule has 1 aromatic heterocycles. The molecule has 1 aromatic rings. The van der Waals surface area contributed by atoms with Crippen molar-refractivity contribution in [3.8, 4) is 0 Å². The van der Waals surface area contributed by atoms with Gasteiger partial charge in [0.1, 0.15) is 5.82 Å². The molecule has 3 rings (SSSR count). The fourth-order valence-corrected chi connectivity index (χ4v) is 3.44. The molecule has 1 amide bonds. The first-order valence-electron chi connectivity index (χ1n) is 8.08. The van der Waals surface area contributed by atoms with Gasteiger partial charge in [-0.25, -0.2) is 0 Å². The van der Waals surface area contributed by atoms with E-state index in [1.807, 2.05) is 7.05 Å². The zero-order valence-electron chi connectivity index (χ0n) is 13.0. The van der Waals surface area contributed by atoms with E-state index in [4.69, 9.17) is 0 Å². The predicted octanol–water partition coefficient (Wildman–Crippen LogP) is 0.961. The Morgan fingerprint density at radius 1 is 1.48 bits per heavy atom. The van der Waals surface area contributed by atoms with Gasteiger partial charge in [0.2, 0.25) is 5.91 Å². The maximum atomic E-state index is 12.6. The van der Waals surface area contributed by atoms with Gasteiger partial charge in [0.15, 0.2) is 5.82 Å². The minimum absolute atomic E-state index is 0.0327. The van der Waals surface area contributed by atoms with Gasteiger partial charge in [-0.15, -0.1) is 10.2 Å². The van der Waals surface area contributed by atoms with Crippen LogP contribution in [0.15, 0.2) is 0 Å². The van der Waals surface area contributed by atoms with Crippen LogP contribution in [0.25, 0.3) is 0 Å². The van der Waals surface area contributed by atoms with Crippen molar-refractivity contribution >= 4 is 5.91 Å². The summed E-state index contributed by atoms with van der Waals surface area (Å²) in [5.41, 5.74) is 0. The van der Waals surface area contributed by atoms with Crippen molar-refractivity contribution in [3.05, 3.63) is 11.6 Å². The minimum atomic E-state index is -0.0327. The van der Waals surface area contributed by atoms with Gasteiger partial charge in [-0.05, 0) is 31.7 Å². The van der Waals surface area contributed by atoms with E-state index < -0.39 is 0 Å². The van der Waals surface area contributed by atoms with Crippen molar-refractivity contribution in [2.24, 2.45) is 5.92 Å². The summed E-state index contributed by atoms with van der Waals surface area (Å²) in [6.45, 7) is 4.70. The number of hydrogen-bond acceptors (Lipinski definition) is 4. The Bertz CT molecular complexity index is 512. The summed E-state index contributed by atoms with van der Waals surface area (Å²) in [6.07, 6.45) is 5.44. The van der Waals surface area contributed by atoms with Crippen LogP contribution in [0.5, 0.6) is 0 Å². The zero-order chi connectivity index (χ0) is 14.8. The van der Waals surface area contributed by atoms with Crippen molar-refractivity contribution in [1.29, 1.82) is 0 Å². The van der Waals surface area contributed by atoms with Crippen molar-refractivity contribution in [2.45, 2.75) is 58.2 Å². The first-order chi connectivity index (χ1) is 10.2. The fraction of sp³-hybridized carbons (Fsp3) is 0.800. The molecule has 1 fully saturated rings. The number of nitrogens with one attached hydrogen (secondary N) is 1. The molecule has 0 aromatic carbocycles. The van der Waals surface area contributed by atoms with E-state index in [-0.39, 0.29) is 11.9 Å². The molecular formula is C15H25N5O. The average molecular weight is 291 g/mol. The van der Waals surface area contributed by atoms with Crippen LogP contribution in [0.2, 0.25) is 0 Å². The highest BCUT2D eigenvalue weighted by atomic mass is 16.2. The molecule has 1 N–H and O–H groups in total. The number of nitrogens with zero attached hydrogens (tertiary/aromatic N) is 4. The van der Waals surface area contributed by atoms with Crippen molar-refractivity contribution in [3.63, 3.8) is 0 Å². The molecule has 116 valence electrons. The third-order valence-corrected chi connectivity index (χ3v) is 4.83. The van der Waals surface area contributed by atoms with Gasteiger partial charge < -0.3 is 14.8 Å². The molecular weight excluding hydrogens is 266 g/mol. The Morgan fingerprint density at radius 3 is 3.14 bits per heavy atom. The molecule has 2 unspecified atom stereocenters. The number of aromatic nitrogens is 3. The van der Waals surface area contributed by atoms with Gasteiger partial charge in [0.05, 0.1) is 12.6 Å². The maximum Gasteiger partial charge on any atom is 0.239 e. The smallest absolute Gasteiger partial charge is 0.239 e. The first-order valence-corrected chi connectivity index (χ1v) is 8.08. The molecule has 2 aliphatic heterocycles. The Kier molecular flexibility index (Phi) is 4.24. The van der Waals surface area contributed by atoms with Crippen LogP contribution in [0.4, 0.5) is 0 Å². The topological polar surface area (TPSA) is 63.1 Å². The number of aryl methyl sites for hydroxylation is 1. The molecule has 1 saturated heterocycles. The van der Waals surface area contributed by atoms with E-state index in [9.17, 15) is 4.79 Å². The Labute approximate surface area is 125 Å². The van der Waals surface area contributed by atoms with Gasteiger partial charge in [-0.3, -0.25) is 4.79 Å². The molecule has 3 heterocycles. The normalized spacial score (nSPS) is 24.9. The highest BCUT2D eigenvalue weighted by molar-refractivity contribution is 5.81. The SMILES string of the molecule is CCC1CCNC(C(=O)N(C)Cc2nnc3n2CCC3)C1. The second kappa shape index (κ2) is 6.13. The standard InChI is InChI=1S/C15H25N5O/c1-3-11-6-7-16-12(9-11)15(21)19(2)10-14-18-17-13-5-4-8-20(13)14/h11-12,16H,3-10H2,1-2H3. The quantitative estimate of drug-likeness (QED) is 0.897. The molecule has 21 heavy (non-hydrogen) atoms. The summed E-state index contributed by atoms with van der Waals surface area (Å²) in [5, 5.41) is 11.8. The summed E-state index contributed by atoms with van der Waals surface area (Å²) in [6, 6.07) is -0.0327. The van der Waals surface area contributed by atoms with E-state index in [0.29, 0.717) is 12.5 Å². The van der Waals surface area contributed by atoms with Crippen LogP contribution in [-0.4, -0.2) is 45.2 Å². The van der Waals surface area contributed by atoms with Crippen LogP contribution in [0.1, 0.15) is 44.3 Å². The lowest BCUT2D eigenvalue weighted by atomic mass is 9.90. The van der Waals surface area contributed by atoms with Gasteiger partial charge in [-0.2, -0.15) is 0 Å². The number of likely N-dealkylation sites (N-methyl/N-ethyl adjacent to an activating group) is 1. The van der Waals surface area contributed by atoms with Gasteiger partial charge in [0, 0.05) is 20.0 Å². The van der Waals surface area contributed by atoms with Crippen LogP contribution in [0.3, 0.4) is 0 Å². The summed E-state index contributed by atoms with van der Waals surface area (Å²) in [7, 11) is 1.87. The van der Waals surface area contributed by atoms with Crippen molar-refractivity contribution in [1.82, 2.24) is 25.0 Å². The van der Waals surface area contributed by atoms with E-state index in [2.05, 4.69) is 27.0 Å². The molecule has 2 aliphatic rings. The monoisotopic (exact) mass is 291 g/mol. The molecule has 0 radical (unpaired) electrons. The average Bonchev–Trinajstić information content (AvgIpc) is 3.11. The zero-order valence-corrected chi connectivity index (χ0v) is 13.0. The number of amides is 1. The Hall–Kier alpha value is -1.43. The van der Waals surface area contributed by atoms with Crippen LogP contribution >= 0.6 is 0 Å². The maximum absolute atomic E-state index is 12.6. The summed E-state index contributed by atoms with van der Waals surface area (Å²) >= 11 is 0. The minimum Gasteiger partial charge on any atom is -0.337 e. The highest BCUT2D eigenvalue weighted by Gasteiger charge is 2.29. The first kappa shape index (κ1) is 14.5. The molecule has 0 aliphatic carbocycles. The van der Waals surface area contributed by atoms with Crippen LogP contribution < -0.4 is 5.32 Å². The summed E-state index contributed by atoms with van der Waals surface area (Å²) in [4.78, 5) is 14.4. The van der Waals surface area contributed by atoms with E-state index in [0.717, 1.165) is 50.4 Å². The molecule has 6 nitrogen and oxygen atoms in total. The largest absolute Gasteiger partial charge is 0.337 e. The predicted molar refractivity (Wildman–Crippen MR) is 79.6 cm³/mol. The number of piperidine rings is 1. The lowest BCUT2D eigenvalue weighted by Gasteiger charge is -2.31. The molecule has 0 spiro atoms. The van der Waals surface area contributed by atoms with Gasteiger partial charge in [0.25, 0.3) is 0 Å². The van der Waals surface area contributed by atoms with Crippen LogP contribution in [0, 0.1) is 5.92 Å². The molecule has 6 heteroatoms. The number of hydrogen-bond donors (Lipinski definition) is 1. The van der Waals surface area contributed by atoms with Gasteiger partial charge in [-0.1, -0.05) is 13.3 Å². The fourth-order valence-electron chi connectivity index (χ4n) is 3.44. The third kappa shape index (κ3) is 2.95. The Balaban J connectivity index is 1.61. The second-order valence-corrected chi connectivity index (χ2v) is 6.29. The number of carbonyl (C=O) groups excluding carboxylic acids is 1. The van der Waals surface area contributed by atoms with Crippen molar-refractivity contribution < 1.29 is 4.79 Å². The third-order valence-electron chi connectivity index (χ3n) is 4.83. The molecule has 0 saturated carbocycles. The lowest BCUT2D eigenvalue weighted by Crippen LogP contribution is -2.49. The summed E-state index contributed by atoms with van der Waals surface area (Å²) in [5.74, 6) is 2.84. The van der Waals surface area contributed by atoms with E-state index in [1.165, 1.54) is 6.42 Å². The van der Waals surface area contributed by atoms with Crippen LogP contribution in [-0.2, 0) is 24.3 Å². The van der Waals surface area contributed by atoms with Crippen molar-refractivity contribution in [2.75, 3.05) is 13.6 Å². The molecule has 0 bridgehead atoms. The lowest BCUT2D eigenvalue weighted by molar-refractivity contribution is -0.133. The van der Waals surface area contributed by atoms with E-state index in [1.54, 1.807) is 4.90 Å². The second-order valence-electron chi connectivity index (χ2n) is 6.29.